The molecular formula is C23H27N3O2S. The Bertz CT molecular complexity index is 878. The Morgan fingerprint density at radius 2 is 1.83 bits per heavy atom. The van der Waals surface area contributed by atoms with E-state index >= 15 is 0 Å². The number of benzene rings is 1. The number of pyridine rings is 1. The van der Waals surface area contributed by atoms with Crippen molar-refractivity contribution in [1.29, 1.82) is 0 Å². The number of nitrogens with zero attached hydrogens (tertiary/aromatic N) is 2. The Morgan fingerprint density at radius 3 is 2.66 bits per heavy atom. The third-order valence-corrected chi connectivity index (χ3v) is 6.73. The van der Waals surface area contributed by atoms with Gasteiger partial charge < -0.3 is 10.2 Å². The number of hydrogen-bond donors (Lipinski definition) is 1. The lowest BCUT2D eigenvalue weighted by atomic mass is 9.96. The summed E-state index contributed by atoms with van der Waals surface area (Å²) in [6, 6.07) is 11.7. The van der Waals surface area contributed by atoms with Gasteiger partial charge in [-0.2, -0.15) is 0 Å². The molecule has 1 aliphatic heterocycles. The molecule has 0 radical (unpaired) electrons. The van der Waals surface area contributed by atoms with Gasteiger partial charge in [0.1, 0.15) is 5.03 Å². The minimum Gasteiger partial charge on any atom is -0.353 e. The average molecular weight is 410 g/mol. The summed E-state index contributed by atoms with van der Waals surface area (Å²) in [5.41, 5.74) is 1.44. The molecule has 1 aromatic carbocycles. The molecule has 1 N–H and O–H groups in total. The van der Waals surface area contributed by atoms with Gasteiger partial charge in [-0.3, -0.25) is 9.59 Å². The largest absolute Gasteiger partial charge is 0.353 e. The molecule has 1 fully saturated rings. The topological polar surface area (TPSA) is 62.3 Å². The first-order chi connectivity index (χ1) is 14.2. The highest BCUT2D eigenvalue weighted by molar-refractivity contribution is 7.99. The highest BCUT2D eigenvalue weighted by Crippen LogP contribution is 2.40. The molecule has 4 rings (SSSR count). The van der Waals surface area contributed by atoms with Crippen LogP contribution in [-0.2, 0) is 4.79 Å². The van der Waals surface area contributed by atoms with Crippen LogP contribution in [0, 0.1) is 0 Å². The number of anilines is 1. The average Bonchev–Trinajstić information content (AvgIpc) is 2.82. The molecule has 2 aliphatic rings. The molecule has 0 atom stereocenters. The van der Waals surface area contributed by atoms with E-state index in [1.165, 1.54) is 43.9 Å². The van der Waals surface area contributed by atoms with Gasteiger partial charge in [-0.15, -0.1) is 0 Å². The van der Waals surface area contributed by atoms with Crippen LogP contribution in [0.3, 0.4) is 0 Å². The number of rotatable bonds is 4. The molecule has 152 valence electrons. The number of para-hydroxylation sites is 1. The fourth-order valence-electron chi connectivity index (χ4n) is 4.10. The molecule has 1 aromatic heterocycles. The molecule has 2 heterocycles. The van der Waals surface area contributed by atoms with Gasteiger partial charge >= 0.3 is 0 Å². The number of carbonyl (C=O) groups excluding carboxylic acids is 2. The second-order valence-electron chi connectivity index (χ2n) is 7.74. The van der Waals surface area contributed by atoms with Gasteiger partial charge in [0.25, 0.3) is 5.91 Å². The van der Waals surface area contributed by atoms with E-state index in [4.69, 9.17) is 0 Å². The van der Waals surface area contributed by atoms with Crippen LogP contribution in [0.15, 0.2) is 52.5 Å². The Balaban J connectivity index is 1.47. The molecule has 0 saturated heterocycles. The van der Waals surface area contributed by atoms with Crippen LogP contribution in [0.25, 0.3) is 0 Å². The van der Waals surface area contributed by atoms with Gasteiger partial charge in [0, 0.05) is 30.1 Å². The monoisotopic (exact) mass is 409 g/mol. The minimum absolute atomic E-state index is 0.0316. The molecule has 0 bridgehead atoms. The van der Waals surface area contributed by atoms with Gasteiger partial charge in [0.15, 0.2) is 0 Å². The Kier molecular flexibility index (Phi) is 6.49. The van der Waals surface area contributed by atoms with Crippen molar-refractivity contribution < 1.29 is 9.59 Å². The van der Waals surface area contributed by atoms with Crippen molar-refractivity contribution in [1.82, 2.24) is 10.3 Å². The number of nitrogens with one attached hydrogen (secondary N) is 1. The zero-order valence-electron chi connectivity index (χ0n) is 16.6. The van der Waals surface area contributed by atoms with E-state index in [1.54, 1.807) is 17.2 Å². The van der Waals surface area contributed by atoms with Crippen LogP contribution in [-0.4, -0.2) is 29.4 Å². The van der Waals surface area contributed by atoms with E-state index in [9.17, 15) is 9.59 Å². The summed E-state index contributed by atoms with van der Waals surface area (Å²) in [6.07, 6.45) is 10.3. The second kappa shape index (κ2) is 9.44. The second-order valence-corrected chi connectivity index (χ2v) is 8.77. The Hall–Kier alpha value is -2.34. The predicted molar refractivity (Wildman–Crippen MR) is 115 cm³/mol. The van der Waals surface area contributed by atoms with Crippen molar-refractivity contribution in [3.63, 3.8) is 0 Å². The summed E-state index contributed by atoms with van der Waals surface area (Å²) in [6.45, 7) is 0.364. The number of amides is 2. The highest BCUT2D eigenvalue weighted by Gasteiger charge is 2.28. The van der Waals surface area contributed by atoms with Crippen LogP contribution in [0.4, 0.5) is 5.69 Å². The smallest absolute Gasteiger partial charge is 0.261 e. The van der Waals surface area contributed by atoms with Crippen molar-refractivity contribution in [2.75, 3.05) is 11.4 Å². The Labute approximate surface area is 176 Å². The first-order valence-corrected chi connectivity index (χ1v) is 11.4. The van der Waals surface area contributed by atoms with Gasteiger partial charge in [-0.05, 0) is 37.1 Å². The summed E-state index contributed by atoms with van der Waals surface area (Å²) >= 11 is 1.50. The lowest BCUT2D eigenvalue weighted by molar-refractivity contribution is -0.121. The molecule has 5 nitrogen and oxygen atoms in total. The number of aromatic nitrogens is 1. The van der Waals surface area contributed by atoms with E-state index in [0.717, 1.165) is 23.4 Å². The molecule has 1 aliphatic carbocycles. The van der Waals surface area contributed by atoms with E-state index in [1.807, 2.05) is 30.3 Å². The van der Waals surface area contributed by atoms with Gasteiger partial charge in [-0.25, -0.2) is 4.98 Å². The molecule has 1 saturated carbocycles. The van der Waals surface area contributed by atoms with Gasteiger partial charge in [0.2, 0.25) is 5.91 Å². The van der Waals surface area contributed by atoms with Crippen LogP contribution in [0.5, 0.6) is 0 Å². The summed E-state index contributed by atoms with van der Waals surface area (Å²) < 4.78 is 0. The summed E-state index contributed by atoms with van der Waals surface area (Å²) in [4.78, 5) is 33.0. The van der Waals surface area contributed by atoms with Gasteiger partial charge in [-0.1, -0.05) is 56.0 Å². The van der Waals surface area contributed by atoms with Crippen molar-refractivity contribution in [2.24, 2.45) is 0 Å². The molecule has 0 unspecified atom stereocenters. The standard InChI is InChI=1S/C23H27N3O2S/c27-21(25-17-9-4-2-1-3-5-10-17)14-16-26-19-12-6-7-13-20(19)29-22-18(23(26)28)11-8-15-24-22/h6-8,11-13,15,17H,1-5,9-10,14,16H2,(H,25,27). The quantitative estimate of drug-likeness (QED) is 0.787. The first kappa shape index (κ1) is 20.0. The maximum Gasteiger partial charge on any atom is 0.261 e. The molecule has 29 heavy (non-hydrogen) atoms. The third kappa shape index (κ3) is 4.81. The molecular weight excluding hydrogens is 382 g/mol. The fourth-order valence-corrected chi connectivity index (χ4v) is 5.11. The zero-order valence-corrected chi connectivity index (χ0v) is 17.4. The highest BCUT2D eigenvalue weighted by atomic mass is 32.2. The van der Waals surface area contributed by atoms with Crippen LogP contribution >= 0.6 is 11.8 Å². The zero-order chi connectivity index (χ0) is 20.1. The lowest BCUT2D eigenvalue weighted by Crippen LogP contribution is -2.39. The summed E-state index contributed by atoms with van der Waals surface area (Å²) in [5, 5.41) is 3.92. The third-order valence-electron chi connectivity index (χ3n) is 5.64. The summed E-state index contributed by atoms with van der Waals surface area (Å²) in [5.74, 6) is -0.0616. The normalized spacial score (nSPS) is 17.5. The molecule has 0 spiro atoms. The predicted octanol–water partition coefficient (Wildman–Crippen LogP) is 4.81. The Morgan fingerprint density at radius 1 is 1.07 bits per heavy atom. The molecule has 2 amide bonds. The van der Waals surface area contributed by atoms with E-state index < -0.39 is 0 Å². The van der Waals surface area contributed by atoms with Crippen LogP contribution in [0.2, 0.25) is 0 Å². The van der Waals surface area contributed by atoms with Crippen LogP contribution < -0.4 is 10.2 Å². The minimum atomic E-state index is -0.0932. The maximum atomic E-state index is 13.2. The maximum absolute atomic E-state index is 13.2. The number of carbonyl (C=O) groups is 2. The van der Waals surface area contributed by atoms with Gasteiger partial charge in [0.05, 0.1) is 11.3 Å². The molecule has 2 aromatic rings. The van der Waals surface area contributed by atoms with Crippen molar-refractivity contribution in [3.05, 3.63) is 48.2 Å². The SMILES string of the molecule is O=C(CCN1C(=O)c2cccnc2Sc2ccccc21)NC1CCCCCCC1. The summed E-state index contributed by atoms with van der Waals surface area (Å²) in [7, 11) is 0. The fraction of sp³-hybridized carbons (Fsp3) is 0.435. The van der Waals surface area contributed by atoms with E-state index in [-0.39, 0.29) is 17.9 Å². The van der Waals surface area contributed by atoms with E-state index in [2.05, 4.69) is 10.3 Å². The van der Waals surface area contributed by atoms with Crippen molar-refractivity contribution in [3.8, 4) is 0 Å². The van der Waals surface area contributed by atoms with Crippen LogP contribution in [0.1, 0.15) is 61.7 Å². The van der Waals surface area contributed by atoms with E-state index in [0.29, 0.717) is 23.6 Å². The number of fused-ring (bicyclic) bond motifs is 2. The van der Waals surface area contributed by atoms with Crippen molar-refractivity contribution >= 4 is 29.3 Å². The van der Waals surface area contributed by atoms with Crippen molar-refractivity contribution in [2.45, 2.75) is 67.3 Å². The lowest BCUT2D eigenvalue weighted by Gasteiger charge is -2.24. The molecule has 6 heteroatoms. The first-order valence-electron chi connectivity index (χ1n) is 10.6. The number of hydrogen-bond acceptors (Lipinski definition) is 4.